The number of carbonyl (C=O) groups excluding carboxylic acids is 1. The third-order valence-electron chi connectivity index (χ3n) is 4.85. The zero-order valence-electron chi connectivity index (χ0n) is 17.0. The van der Waals surface area contributed by atoms with Crippen molar-refractivity contribution in [3.8, 4) is 0 Å². The first-order valence-corrected chi connectivity index (χ1v) is 11.1. The van der Waals surface area contributed by atoms with Crippen molar-refractivity contribution in [3.63, 3.8) is 0 Å². The fourth-order valence-electron chi connectivity index (χ4n) is 3.44. The number of benzene rings is 1. The van der Waals surface area contributed by atoms with E-state index in [1.54, 1.807) is 11.0 Å². The number of alkyl halides is 2. The van der Waals surface area contributed by atoms with E-state index >= 15 is 0 Å². The molecule has 3 rings (SSSR count). The highest BCUT2D eigenvalue weighted by Gasteiger charge is 2.33. The monoisotopic (exact) mass is 518 g/mol. The van der Waals surface area contributed by atoms with Gasteiger partial charge in [-0.05, 0) is 19.1 Å². The van der Waals surface area contributed by atoms with E-state index < -0.39 is 16.4 Å². The molecule has 31 heavy (non-hydrogen) atoms. The largest absolute Gasteiger partial charge is 0.362 e. The molecule has 0 unspecified atom stereocenters. The molecule has 0 spiro atoms. The second-order valence-electron chi connectivity index (χ2n) is 7.43. The number of rotatable bonds is 6. The summed E-state index contributed by atoms with van der Waals surface area (Å²) in [6, 6.07) is 3.00. The molecule has 2 heterocycles. The SMILES string of the molecule is CC(C)C(=O)N1CCN(c2cc(Br)cc(Nc3nnc(C(F)F)s3)c2[N+](=O)[O-])C[C@H]1C. The summed E-state index contributed by atoms with van der Waals surface area (Å²) in [5, 5.41) is 21.3. The summed E-state index contributed by atoms with van der Waals surface area (Å²) in [6.07, 6.45) is -2.77. The normalized spacial score (nSPS) is 16.8. The number of nitrogens with one attached hydrogen (secondary N) is 1. The zero-order chi connectivity index (χ0) is 22.9. The Kier molecular flexibility index (Phi) is 7.04. The molecule has 168 valence electrons. The minimum absolute atomic E-state index is 0.0307. The first-order chi connectivity index (χ1) is 14.6. The first kappa shape index (κ1) is 23.3. The van der Waals surface area contributed by atoms with E-state index in [9.17, 15) is 23.7 Å². The molecular weight excluding hydrogens is 498 g/mol. The average Bonchev–Trinajstić information content (AvgIpc) is 3.15. The van der Waals surface area contributed by atoms with Gasteiger partial charge in [0.15, 0.2) is 5.01 Å². The van der Waals surface area contributed by atoms with Gasteiger partial charge in [0.05, 0.1) is 4.92 Å². The number of halogens is 3. The van der Waals surface area contributed by atoms with E-state index in [-0.39, 0.29) is 34.4 Å². The quantitative estimate of drug-likeness (QED) is 0.440. The van der Waals surface area contributed by atoms with Crippen LogP contribution in [-0.4, -0.2) is 51.6 Å². The van der Waals surface area contributed by atoms with Crippen molar-refractivity contribution >= 4 is 55.4 Å². The molecule has 1 aromatic carbocycles. The number of nitro groups is 1. The van der Waals surface area contributed by atoms with Crippen molar-refractivity contribution in [3.05, 3.63) is 31.7 Å². The molecular formula is C18H21BrF2N6O3S. The summed E-state index contributed by atoms with van der Waals surface area (Å²) >= 11 is 4.00. The van der Waals surface area contributed by atoms with Crippen LogP contribution in [0.15, 0.2) is 16.6 Å². The number of carbonyl (C=O) groups is 1. The van der Waals surface area contributed by atoms with Crippen molar-refractivity contribution in [2.45, 2.75) is 33.2 Å². The van der Waals surface area contributed by atoms with E-state index in [4.69, 9.17) is 0 Å². The van der Waals surface area contributed by atoms with E-state index in [0.717, 1.165) is 0 Å². The summed E-state index contributed by atoms with van der Waals surface area (Å²) in [6.45, 7) is 6.87. The highest BCUT2D eigenvalue weighted by molar-refractivity contribution is 9.10. The predicted molar refractivity (Wildman–Crippen MR) is 117 cm³/mol. The number of piperazine rings is 1. The molecule has 1 atom stereocenters. The average molecular weight is 519 g/mol. The molecule has 9 nitrogen and oxygen atoms in total. The molecule has 2 aromatic rings. The van der Waals surface area contributed by atoms with E-state index in [1.807, 2.05) is 25.7 Å². The smallest absolute Gasteiger partial charge is 0.315 e. The molecule has 13 heteroatoms. The molecule has 1 aromatic heterocycles. The van der Waals surface area contributed by atoms with Gasteiger partial charge in [-0.2, -0.15) is 0 Å². The number of anilines is 3. The minimum atomic E-state index is -2.77. The lowest BCUT2D eigenvalue weighted by atomic mass is 10.1. The highest BCUT2D eigenvalue weighted by atomic mass is 79.9. The second kappa shape index (κ2) is 9.39. The third kappa shape index (κ3) is 5.09. The number of aromatic nitrogens is 2. The van der Waals surface area contributed by atoms with Crippen molar-refractivity contribution in [1.29, 1.82) is 0 Å². The number of hydrogen-bond donors (Lipinski definition) is 1. The Hall–Kier alpha value is -2.41. The topological polar surface area (TPSA) is 104 Å². The van der Waals surface area contributed by atoms with Crippen molar-refractivity contribution in [2.24, 2.45) is 5.92 Å². The number of nitro benzene ring substituents is 1. The Morgan fingerprint density at radius 3 is 2.61 bits per heavy atom. The van der Waals surface area contributed by atoms with Gasteiger partial charge in [0.2, 0.25) is 11.0 Å². The van der Waals surface area contributed by atoms with Gasteiger partial charge in [-0.15, -0.1) is 10.2 Å². The first-order valence-electron chi connectivity index (χ1n) is 9.50. The van der Waals surface area contributed by atoms with Crippen molar-refractivity contribution in [2.75, 3.05) is 29.9 Å². The van der Waals surface area contributed by atoms with Crippen LogP contribution < -0.4 is 10.2 Å². The lowest BCUT2D eigenvalue weighted by molar-refractivity contribution is -0.383. The molecule has 0 radical (unpaired) electrons. The number of nitrogens with zero attached hydrogens (tertiary/aromatic N) is 5. The van der Waals surface area contributed by atoms with Crippen LogP contribution in [0.4, 0.5) is 31.0 Å². The molecule has 1 saturated heterocycles. The van der Waals surface area contributed by atoms with Crippen LogP contribution in [0.5, 0.6) is 0 Å². The minimum Gasteiger partial charge on any atom is -0.362 e. The Bertz CT molecular complexity index is 989. The lowest BCUT2D eigenvalue weighted by Crippen LogP contribution is -2.55. The summed E-state index contributed by atoms with van der Waals surface area (Å²) in [5.74, 6) is -0.0839. The molecule has 1 aliphatic heterocycles. The van der Waals surface area contributed by atoms with Gasteiger partial charge in [-0.1, -0.05) is 41.1 Å². The summed E-state index contributed by atoms with van der Waals surface area (Å²) in [4.78, 5) is 27.5. The van der Waals surface area contributed by atoms with Crippen LogP contribution >= 0.6 is 27.3 Å². The second-order valence-corrected chi connectivity index (χ2v) is 9.36. The predicted octanol–water partition coefficient (Wildman–Crippen LogP) is 4.58. The van der Waals surface area contributed by atoms with Crippen LogP contribution in [0, 0.1) is 16.0 Å². The Labute approximate surface area is 189 Å². The van der Waals surface area contributed by atoms with Crippen LogP contribution in [0.2, 0.25) is 0 Å². The Balaban J connectivity index is 1.92. The molecule has 0 saturated carbocycles. The van der Waals surface area contributed by atoms with Crippen LogP contribution in [0.1, 0.15) is 32.2 Å². The van der Waals surface area contributed by atoms with Crippen LogP contribution in [0.3, 0.4) is 0 Å². The molecule has 1 N–H and O–H groups in total. The van der Waals surface area contributed by atoms with E-state index in [1.165, 1.54) is 6.07 Å². The zero-order valence-corrected chi connectivity index (χ0v) is 19.4. The summed E-state index contributed by atoms with van der Waals surface area (Å²) in [5.41, 5.74) is 0.275. The maximum Gasteiger partial charge on any atom is 0.315 e. The lowest BCUT2D eigenvalue weighted by Gasteiger charge is -2.41. The molecule has 1 aliphatic rings. The van der Waals surface area contributed by atoms with Gasteiger partial charge >= 0.3 is 5.69 Å². The molecule has 1 fully saturated rings. The van der Waals surface area contributed by atoms with Gasteiger partial charge in [-0.25, -0.2) is 8.78 Å². The van der Waals surface area contributed by atoms with Gasteiger partial charge in [0.1, 0.15) is 11.4 Å². The Morgan fingerprint density at radius 1 is 1.35 bits per heavy atom. The summed E-state index contributed by atoms with van der Waals surface area (Å²) in [7, 11) is 0. The highest BCUT2D eigenvalue weighted by Crippen LogP contribution is 2.41. The fourth-order valence-corrected chi connectivity index (χ4v) is 4.49. The van der Waals surface area contributed by atoms with Gasteiger partial charge in [0.25, 0.3) is 6.43 Å². The fraction of sp³-hybridized carbons (Fsp3) is 0.500. The standard InChI is InChI=1S/C18H21BrF2N6O3S/c1-9(2)17(28)26-5-4-25(8-10(26)3)13-7-11(19)6-12(14(13)27(29)30)22-18-24-23-16(31-18)15(20)21/h6-7,9-10,15H,4-5,8H2,1-3H3,(H,22,24)/t10-/m1/s1. The van der Waals surface area contributed by atoms with Gasteiger partial charge in [-0.3, -0.25) is 14.9 Å². The van der Waals surface area contributed by atoms with Crippen molar-refractivity contribution < 1.29 is 18.5 Å². The molecule has 1 amide bonds. The number of hydrogen-bond acceptors (Lipinski definition) is 8. The summed E-state index contributed by atoms with van der Waals surface area (Å²) < 4.78 is 26.2. The van der Waals surface area contributed by atoms with Crippen LogP contribution in [0.25, 0.3) is 0 Å². The third-order valence-corrected chi connectivity index (χ3v) is 6.16. The molecule has 0 aliphatic carbocycles. The maximum absolute atomic E-state index is 12.8. The van der Waals surface area contributed by atoms with E-state index in [0.29, 0.717) is 41.1 Å². The Morgan fingerprint density at radius 2 is 2.06 bits per heavy atom. The number of amides is 1. The van der Waals surface area contributed by atoms with Gasteiger partial charge < -0.3 is 15.1 Å². The molecule has 0 bridgehead atoms. The van der Waals surface area contributed by atoms with E-state index in [2.05, 4.69) is 31.4 Å². The van der Waals surface area contributed by atoms with Crippen LogP contribution in [-0.2, 0) is 4.79 Å². The van der Waals surface area contributed by atoms with Gasteiger partial charge in [0, 0.05) is 36.1 Å². The maximum atomic E-state index is 12.8. The van der Waals surface area contributed by atoms with Crippen molar-refractivity contribution in [1.82, 2.24) is 15.1 Å².